The fourth-order valence-electron chi connectivity index (χ4n) is 2.36. The first kappa shape index (κ1) is 21.9. The SMILES string of the molecule is CN(C)C(CNC(=O)CCCNC(=O)OC(C)(C)C)c1cccc(F)c1. The lowest BCUT2D eigenvalue weighted by atomic mass is 10.1. The van der Waals surface area contributed by atoms with Crippen molar-refractivity contribution in [1.82, 2.24) is 15.5 Å². The van der Waals surface area contributed by atoms with E-state index in [-0.39, 0.29) is 17.8 Å². The predicted molar refractivity (Wildman–Crippen MR) is 99.3 cm³/mol. The van der Waals surface area contributed by atoms with Crippen LogP contribution < -0.4 is 10.6 Å². The van der Waals surface area contributed by atoms with Gasteiger partial charge in [0.25, 0.3) is 0 Å². The number of carbonyl (C=O) groups is 2. The molecular weight excluding hydrogens is 337 g/mol. The molecule has 1 unspecified atom stereocenters. The minimum absolute atomic E-state index is 0.112. The molecule has 6 nitrogen and oxygen atoms in total. The molecule has 7 heteroatoms. The van der Waals surface area contributed by atoms with Gasteiger partial charge in [-0.05, 0) is 59.0 Å². The number of nitrogens with one attached hydrogen (secondary N) is 2. The average molecular weight is 367 g/mol. The zero-order valence-electron chi connectivity index (χ0n) is 16.3. The Morgan fingerprint density at radius 2 is 1.92 bits per heavy atom. The van der Waals surface area contributed by atoms with Crippen molar-refractivity contribution >= 4 is 12.0 Å². The number of alkyl carbamates (subject to hydrolysis) is 1. The molecule has 2 N–H and O–H groups in total. The molecule has 0 saturated heterocycles. The van der Waals surface area contributed by atoms with Crippen LogP contribution in [0, 0.1) is 5.82 Å². The molecule has 0 fully saturated rings. The summed E-state index contributed by atoms with van der Waals surface area (Å²) in [4.78, 5) is 25.4. The maximum Gasteiger partial charge on any atom is 0.407 e. The molecule has 1 aromatic carbocycles. The summed E-state index contributed by atoms with van der Waals surface area (Å²) in [5.41, 5.74) is 0.265. The number of nitrogens with zero attached hydrogens (tertiary/aromatic N) is 1. The molecule has 0 aliphatic carbocycles. The second-order valence-electron chi connectivity index (χ2n) is 7.37. The van der Waals surface area contributed by atoms with E-state index in [1.54, 1.807) is 26.8 Å². The van der Waals surface area contributed by atoms with Crippen LogP contribution in [0.5, 0.6) is 0 Å². The van der Waals surface area contributed by atoms with Crippen molar-refractivity contribution in [2.75, 3.05) is 27.2 Å². The van der Waals surface area contributed by atoms with Gasteiger partial charge < -0.3 is 20.3 Å². The number of hydrogen-bond donors (Lipinski definition) is 2. The van der Waals surface area contributed by atoms with Gasteiger partial charge in [0.05, 0.1) is 6.04 Å². The highest BCUT2D eigenvalue weighted by molar-refractivity contribution is 5.76. The Morgan fingerprint density at radius 3 is 2.50 bits per heavy atom. The Hall–Kier alpha value is -2.15. The molecule has 2 amide bonds. The molecule has 26 heavy (non-hydrogen) atoms. The molecule has 1 aromatic rings. The third kappa shape index (κ3) is 8.80. The lowest BCUT2D eigenvalue weighted by molar-refractivity contribution is -0.121. The molecule has 0 aromatic heterocycles. The Morgan fingerprint density at radius 1 is 1.23 bits per heavy atom. The molecule has 0 bridgehead atoms. The number of hydrogen-bond acceptors (Lipinski definition) is 4. The predicted octanol–water partition coefficient (Wildman–Crippen LogP) is 2.85. The highest BCUT2D eigenvalue weighted by atomic mass is 19.1. The van der Waals surface area contributed by atoms with Gasteiger partial charge in [0.15, 0.2) is 0 Å². The van der Waals surface area contributed by atoms with Crippen LogP contribution >= 0.6 is 0 Å². The minimum atomic E-state index is -0.542. The van der Waals surface area contributed by atoms with Crippen LogP contribution in [0.3, 0.4) is 0 Å². The lowest BCUT2D eigenvalue weighted by Crippen LogP contribution is -2.35. The third-order valence-corrected chi connectivity index (χ3v) is 3.60. The standard InChI is InChI=1S/C19H30FN3O3/c1-19(2,3)26-18(25)21-11-7-10-17(24)22-13-16(23(4)5)14-8-6-9-15(20)12-14/h6,8-9,12,16H,7,10-11,13H2,1-5H3,(H,21,25)(H,22,24). The van der Waals surface area contributed by atoms with Crippen LogP contribution in [0.15, 0.2) is 24.3 Å². The van der Waals surface area contributed by atoms with Crippen molar-refractivity contribution in [2.45, 2.75) is 45.3 Å². The van der Waals surface area contributed by atoms with Crippen molar-refractivity contribution in [2.24, 2.45) is 0 Å². The number of likely N-dealkylation sites (N-methyl/N-ethyl adjacent to an activating group) is 1. The highest BCUT2D eigenvalue weighted by Crippen LogP contribution is 2.18. The van der Waals surface area contributed by atoms with Crippen molar-refractivity contribution in [3.8, 4) is 0 Å². The largest absolute Gasteiger partial charge is 0.444 e. The van der Waals surface area contributed by atoms with Gasteiger partial charge in [-0.2, -0.15) is 0 Å². The maximum atomic E-state index is 13.4. The van der Waals surface area contributed by atoms with Gasteiger partial charge in [0.1, 0.15) is 11.4 Å². The van der Waals surface area contributed by atoms with Gasteiger partial charge in [0, 0.05) is 19.5 Å². The lowest BCUT2D eigenvalue weighted by Gasteiger charge is -2.25. The maximum absolute atomic E-state index is 13.4. The van der Waals surface area contributed by atoms with E-state index >= 15 is 0 Å². The second-order valence-corrected chi connectivity index (χ2v) is 7.37. The summed E-state index contributed by atoms with van der Waals surface area (Å²) in [6.07, 6.45) is 0.313. The monoisotopic (exact) mass is 367 g/mol. The van der Waals surface area contributed by atoms with E-state index in [1.165, 1.54) is 12.1 Å². The number of rotatable bonds is 8. The van der Waals surface area contributed by atoms with Crippen LogP contribution in [0.1, 0.15) is 45.2 Å². The van der Waals surface area contributed by atoms with Crippen LogP contribution in [0.2, 0.25) is 0 Å². The highest BCUT2D eigenvalue weighted by Gasteiger charge is 2.17. The summed E-state index contributed by atoms with van der Waals surface area (Å²) in [7, 11) is 3.76. The molecule has 0 saturated carbocycles. The molecule has 0 aliphatic heterocycles. The van der Waals surface area contributed by atoms with Gasteiger partial charge in [-0.1, -0.05) is 12.1 Å². The zero-order valence-corrected chi connectivity index (χ0v) is 16.3. The van der Waals surface area contributed by atoms with E-state index in [9.17, 15) is 14.0 Å². The Balaban J connectivity index is 2.35. The molecule has 0 heterocycles. The van der Waals surface area contributed by atoms with E-state index < -0.39 is 11.7 Å². The van der Waals surface area contributed by atoms with Crippen molar-refractivity contribution in [3.05, 3.63) is 35.6 Å². The van der Waals surface area contributed by atoms with Crippen molar-refractivity contribution < 1.29 is 18.7 Å². The second kappa shape index (κ2) is 10.1. The summed E-state index contributed by atoms with van der Waals surface area (Å²) in [6, 6.07) is 6.25. The number of ether oxygens (including phenoxy) is 1. The van der Waals surface area contributed by atoms with Crippen LogP contribution in [0.25, 0.3) is 0 Å². The Labute approximate surface area is 155 Å². The first-order valence-electron chi connectivity index (χ1n) is 8.74. The van der Waals surface area contributed by atoms with Crippen molar-refractivity contribution in [1.29, 1.82) is 0 Å². The number of halogens is 1. The smallest absolute Gasteiger partial charge is 0.407 e. The fourth-order valence-corrected chi connectivity index (χ4v) is 2.36. The van der Waals surface area contributed by atoms with Crippen LogP contribution in [-0.2, 0) is 9.53 Å². The summed E-state index contributed by atoms with van der Waals surface area (Å²) in [6.45, 7) is 6.12. The van der Waals surface area contributed by atoms with E-state index in [0.29, 0.717) is 25.9 Å². The van der Waals surface area contributed by atoms with Gasteiger partial charge in [0.2, 0.25) is 5.91 Å². The number of benzene rings is 1. The quantitative estimate of drug-likeness (QED) is 0.693. The number of carbonyl (C=O) groups excluding carboxylic acids is 2. The van der Waals surface area contributed by atoms with Crippen molar-refractivity contribution in [3.63, 3.8) is 0 Å². The van der Waals surface area contributed by atoms with Gasteiger partial charge >= 0.3 is 6.09 Å². The molecule has 1 atom stereocenters. The first-order chi connectivity index (χ1) is 12.1. The Bertz CT molecular complexity index is 600. The topological polar surface area (TPSA) is 70.7 Å². The third-order valence-electron chi connectivity index (χ3n) is 3.60. The molecule has 146 valence electrons. The van der Waals surface area contributed by atoms with E-state index in [2.05, 4.69) is 10.6 Å². The summed E-state index contributed by atoms with van der Waals surface area (Å²) < 4.78 is 18.5. The summed E-state index contributed by atoms with van der Waals surface area (Å²) in [5, 5.41) is 5.48. The molecule has 0 radical (unpaired) electrons. The first-order valence-corrected chi connectivity index (χ1v) is 8.74. The van der Waals surface area contributed by atoms with Gasteiger partial charge in [-0.15, -0.1) is 0 Å². The minimum Gasteiger partial charge on any atom is -0.444 e. The molecule has 0 aliphatic rings. The molecule has 1 rings (SSSR count). The van der Waals surface area contributed by atoms with E-state index in [1.807, 2.05) is 25.1 Å². The number of amides is 2. The molecule has 0 spiro atoms. The zero-order chi connectivity index (χ0) is 19.7. The summed E-state index contributed by atoms with van der Waals surface area (Å²) >= 11 is 0. The van der Waals surface area contributed by atoms with Crippen LogP contribution in [0.4, 0.5) is 9.18 Å². The van der Waals surface area contributed by atoms with Crippen LogP contribution in [-0.4, -0.2) is 49.7 Å². The molecular formula is C19H30FN3O3. The normalized spacial score (nSPS) is 12.6. The van der Waals surface area contributed by atoms with E-state index in [0.717, 1.165) is 5.56 Å². The van der Waals surface area contributed by atoms with E-state index in [4.69, 9.17) is 4.74 Å². The fraction of sp³-hybridized carbons (Fsp3) is 0.579. The van der Waals surface area contributed by atoms with Gasteiger partial charge in [-0.3, -0.25) is 4.79 Å². The Kier molecular flexibility index (Phi) is 8.51. The van der Waals surface area contributed by atoms with Gasteiger partial charge in [-0.25, -0.2) is 9.18 Å². The average Bonchev–Trinajstić information content (AvgIpc) is 2.50. The summed E-state index contributed by atoms with van der Waals surface area (Å²) in [5.74, 6) is -0.409.